The first-order valence-electron chi connectivity index (χ1n) is 7.17. The minimum Gasteiger partial charge on any atom is -0.441 e. The average Bonchev–Trinajstić information content (AvgIpc) is 2.95. The molecule has 0 saturated carbocycles. The predicted octanol–water partition coefficient (Wildman–Crippen LogP) is 4.31. The van der Waals surface area contributed by atoms with Crippen molar-refractivity contribution in [2.75, 3.05) is 0 Å². The molecule has 110 valence electrons. The van der Waals surface area contributed by atoms with E-state index in [1.807, 2.05) is 73.7 Å². The highest BCUT2D eigenvalue weighted by molar-refractivity contribution is 5.70. The molecule has 3 nitrogen and oxygen atoms in total. The Bertz CT molecular complexity index is 771. The van der Waals surface area contributed by atoms with Gasteiger partial charge < -0.3 is 9.52 Å². The molecule has 1 N–H and O–H groups in total. The van der Waals surface area contributed by atoms with Gasteiger partial charge in [0, 0.05) is 5.56 Å². The summed E-state index contributed by atoms with van der Waals surface area (Å²) in [4.78, 5) is 4.54. The summed E-state index contributed by atoms with van der Waals surface area (Å²) < 4.78 is 5.73. The third kappa shape index (κ3) is 3.15. The Kier molecular flexibility index (Phi) is 4.17. The van der Waals surface area contributed by atoms with E-state index in [0.29, 0.717) is 5.89 Å². The highest BCUT2D eigenvalue weighted by Gasteiger charge is 2.08. The van der Waals surface area contributed by atoms with Crippen molar-refractivity contribution in [3.8, 4) is 11.5 Å². The molecule has 0 fully saturated rings. The first kappa shape index (κ1) is 14.3. The molecular formula is C19H17NO2. The van der Waals surface area contributed by atoms with E-state index in [0.717, 1.165) is 28.1 Å². The van der Waals surface area contributed by atoms with Gasteiger partial charge in [-0.25, -0.2) is 4.98 Å². The number of rotatable bonds is 4. The number of benzene rings is 2. The SMILES string of the molecule is Cc1oc(-c2ccccc2)nc1C=Cc1ccc(CO)cc1. The maximum absolute atomic E-state index is 9.04. The van der Waals surface area contributed by atoms with E-state index in [1.54, 1.807) is 0 Å². The van der Waals surface area contributed by atoms with Crippen LogP contribution in [0, 0.1) is 6.92 Å². The smallest absolute Gasteiger partial charge is 0.226 e. The number of aryl methyl sites for hydroxylation is 1. The number of oxazole rings is 1. The molecule has 3 heteroatoms. The molecule has 0 unspecified atom stereocenters. The number of aromatic nitrogens is 1. The molecule has 0 atom stereocenters. The van der Waals surface area contributed by atoms with E-state index < -0.39 is 0 Å². The maximum atomic E-state index is 9.04. The minimum absolute atomic E-state index is 0.0623. The quantitative estimate of drug-likeness (QED) is 0.779. The van der Waals surface area contributed by atoms with E-state index in [1.165, 1.54) is 0 Å². The second kappa shape index (κ2) is 6.41. The topological polar surface area (TPSA) is 46.3 Å². The van der Waals surface area contributed by atoms with Crippen LogP contribution in [0.25, 0.3) is 23.6 Å². The minimum atomic E-state index is 0.0623. The van der Waals surface area contributed by atoms with Crippen molar-refractivity contribution < 1.29 is 9.52 Å². The molecule has 0 saturated heterocycles. The van der Waals surface area contributed by atoms with Crippen LogP contribution >= 0.6 is 0 Å². The van der Waals surface area contributed by atoms with Crippen molar-refractivity contribution in [3.05, 3.63) is 77.2 Å². The second-order valence-corrected chi connectivity index (χ2v) is 5.06. The second-order valence-electron chi connectivity index (χ2n) is 5.06. The molecular weight excluding hydrogens is 274 g/mol. The largest absolute Gasteiger partial charge is 0.441 e. The lowest BCUT2D eigenvalue weighted by Crippen LogP contribution is -1.82. The Morgan fingerprint density at radius 3 is 2.41 bits per heavy atom. The summed E-state index contributed by atoms with van der Waals surface area (Å²) in [6, 6.07) is 17.6. The molecule has 0 bridgehead atoms. The van der Waals surface area contributed by atoms with Crippen molar-refractivity contribution >= 4 is 12.2 Å². The van der Waals surface area contributed by atoms with Crippen LogP contribution in [0.3, 0.4) is 0 Å². The molecule has 0 aliphatic carbocycles. The van der Waals surface area contributed by atoms with Gasteiger partial charge in [0.2, 0.25) is 5.89 Å². The average molecular weight is 291 g/mol. The van der Waals surface area contributed by atoms with Crippen molar-refractivity contribution in [3.63, 3.8) is 0 Å². The molecule has 22 heavy (non-hydrogen) atoms. The van der Waals surface area contributed by atoms with Gasteiger partial charge in [-0.05, 0) is 36.3 Å². The number of nitrogens with zero attached hydrogens (tertiary/aromatic N) is 1. The van der Waals surface area contributed by atoms with Gasteiger partial charge >= 0.3 is 0 Å². The molecule has 3 aromatic rings. The molecule has 3 rings (SSSR count). The van der Waals surface area contributed by atoms with Crippen molar-refractivity contribution in [2.45, 2.75) is 13.5 Å². The Labute approximate surface area is 129 Å². The van der Waals surface area contributed by atoms with Crippen LogP contribution in [0.2, 0.25) is 0 Å². The van der Waals surface area contributed by atoms with Gasteiger partial charge in [-0.3, -0.25) is 0 Å². The number of aliphatic hydroxyl groups is 1. The van der Waals surface area contributed by atoms with Gasteiger partial charge in [0.25, 0.3) is 0 Å². The summed E-state index contributed by atoms with van der Waals surface area (Å²) in [5, 5.41) is 9.04. The Hall–Kier alpha value is -2.65. The molecule has 1 heterocycles. The van der Waals surface area contributed by atoms with E-state index in [-0.39, 0.29) is 6.61 Å². The van der Waals surface area contributed by atoms with Crippen molar-refractivity contribution in [2.24, 2.45) is 0 Å². The molecule has 0 spiro atoms. The zero-order chi connectivity index (χ0) is 15.4. The Balaban J connectivity index is 1.83. The van der Waals surface area contributed by atoms with Gasteiger partial charge in [0.15, 0.2) is 0 Å². The number of hydrogen-bond acceptors (Lipinski definition) is 3. The molecule has 0 radical (unpaired) electrons. The lowest BCUT2D eigenvalue weighted by atomic mass is 10.1. The zero-order valence-corrected chi connectivity index (χ0v) is 12.4. The summed E-state index contributed by atoms with van der Waals surface area (Å²) in [6.07, 6.45) is 3.93. The highest BCUT2D eigenvalue weighted by atomic mass is 16.4. The number of hydrogen-bond donors (Lipinski definition) is 1. The van der Waals surface area contributed by atoms with Gasteiger partial charge in [-0.2, -0.15) is 0 Å². The summed E-state index contributed by atoms with van der Waals surface area (Å²) >= 11 is 0. The van der Waals surface area contributed by atoms with Crippen molar-refractivity contribution in [1.29, 1.82) is 0 Å². The first-order valence-corrected chi connectivity index (χ1v) is 7.17. The van der Waals surface area contributed by atoms with E-state index in [2.05, 4.69) is 4.98 Å². The lowest BCUT2D eigenvalue weighted by molar-refractivity contribution is 0.282. The fraction of sp³-hybridized carbons (Fsp3) is 0.105. The van der Waals surface area contributed by atoms with Crippen LogP contribution in [-0.2, 0) is 6.61 Å². The fourth-order valence-electron chi connectivity index (χ4n) is 2.18. The Morgan fingerprint density at radius 2 is 1.73 bits per heavy atom. The molecule has 2 aromatic carbocycles. The van der Waals surface area contributed by atoms with Gasteiger partial charge in [-0.1, -0.05) is 48.5 Å². The fourth-order valence-corrected chi connectivity index (χ4v) is 2.18. The lowest BCUT2D eigenvalue weighted by Gasteiger charge is -1.96. The van der Waals surface area contributed by atoms with Gasteiger partial charge in [0.05, 0.1) is 6.61 Å². The van der Waals surface area contributed by atoms with Crippen LogP contribution in [0.4, 0.5) is 0 Å². The standard InChI is InChI=1S/C19H17NO2/c1-14-18(12-11-15-7-9-16(13-21)10-8-15)20-19(22-14)17-5-3-2-4-6-17/h2-12,21H,13H2,1H3. The summed E-state index contributed by atoms with van der Waals surface area (Å²) in [6.45, 7) is 1.97. The summed E-state index contributed by atoms with van der Waals surface area (Å²) in [5.74, 6) is 1.43. The van der Waals surface area contributed by atoms with E-state index in [9.17, 15) is 0 Å². The zero-order valence-electron chi connectivity index (χ0n) is 12.4. The molecule has 0 aliphatic rings. The Morgan fingerprint density at radius 1 is 1.00 bits per heavy atom. The third-order valence-corrected chi connectivity index (χ3v) is 3.45. The van der Waals surface area contributed by atoms with Gasteiger partial charge in [-0.15, -0.1) is 0 Å². The monoisotopic (exact) mass is 291 g/mol. The van der Waals surface area contributed by atoms with Crippen LogP contribution in [0.15, 0.2) is 59.0 Å². The van der Waals surface area contributed by atoms with E-state index in [4.69, 9.17) is 9.52 Å². The normalized spacial score (nSPS) is 11.2. The number of aliphatic hydroxyl groups excluding tert-OH is 1. The van der Waals surface area contributed by atoms with Crippen LogP contribution < -0.4 is 0 Å². The predicted molar refractivity (Wildman–Crippen MR) is 88.0 cm³/mol. The van der Waals surface area contributed by atoms with E-state index >= 15 is 0 Å². The molecule has 1 aromatic heterocycles. The van der Waals surface area contributed by atoms with Crippen molar-refractivity contribution in [1.82, 2.24) is 4.98 Å². The molecule has 0 amide bonds. The first-order chi connectivity index (χ1) is 10.8. The maximum Gasteiger partial charge on any atom is 0.226 e. The van der Waals surface area contributed by atoms with Gasteiger partial charge in [0.1, 0.15) is 11.5 Å². The van der Waals surface area contributed by atoms with Crippen LogP contribution in [0.1, 0.15) is 22.6 Å². The van der Waals surface area contributed by atoms with Crippen LogP contribution in [0.5, 0.6) is 0 Å². The highest BCUT2D eigenvalue weighted by Crippen LogP contribution is 2.22. The third-order valence-electron chi connectivity index (χ3n) is 3.45. The summed E-state index contributed by atoms with van der Waals surface area (Å²) in [5.41, 5.74) is 3.75. The summed E-state index contributed by atoms with van der Waals surface area (Å²) in [7, 11) is 0. The van der Waals surface area contributed by atoms with Crippen LogP contribution in [-0.4, -0.2) is 10.1 Å². The molecule has 0 aliphatic heterocycles.